The number of alkyl carbamates (subject to hydrolysis) is 2. The van der Waals surface area contributed by atoms with Crippen LogP contribution in [0.1, 0.15) is 174 Å². The molecule has 554 valence electrons. The molecule has 28 nitrogen and oxygen atoms in total. The first kappa shape index (κ1) is 84.7. The van der Waals surface area contributed by atoms with Crippen molar-refractivity contribution in [3.63, 3.8) is 0 Å². The van der Waals surface area contributed by atoms with Gasteiger partial charge in [-0.05, 0) is 142 Å². The van der Waals surface area contributed by atoms with E-state index in [9.17, 15) is 38.4 Å². The van der Waals surface area contributed by atoms with Crippen molar-refractivity contribution in [2.75, 3.05) is 94.9 Å². The number of rotatable bonds is 11. The number of hydrogen-bond acceptors (Lipinski definition) is 24. The van der Waals surface area contributed by atoms with Crippen LogP contribution in [-0.4, -0.2) is 178 Å². The second-order valence-electron chi connectivity index (χ2n) is 28.6. The summed E-state index contributed by atoms with van der Waals surface area (Å²) >= 11 is 7.57. The maximum absolute atomic E-state index is 12.9. The molecule has 0 aliphatic carbocycles. The van der Waals surface area contributed by atoms with Crippen LogP contribution in [0.5, 0.6) is 0 Å². The highest BCUT2D eigenvalue weighted by molar-refractivity contribution is 9.11. The van der Waals surface area contributed by atoms with Gasteiger partial charge in [0.1, 0.15) is 54.0 Å². The fraction of sp³-hybridized carbons (Fsp3) is 0.652. The number of H-pyrrole nitrogens is 3. The number of amides is 4. The van der Waals surface area contributed by atoms with Gasteiger partial charge >= 0.3 is 30.3 Å². The third-order valence-electron chi connectivity index (χ3n) is 14.2. The van der Waals surface area contributed by atoms with Crippen molar-refractivity contribution in [2.24, 2.45) is 23.5 Å². The van der Waals surface area contributed by atoms with Crippen LogP contribution in [0.15, 0.2) is 36.4 Å². The molecular weight excluding hydrogens is 1420 g/mol. The molecule has 3 aliphatic heterocycles. The Morgan fingerprint density at radius 2 is 0.869 bits per heavy atom. The molecule has 0 unspecified atom stereocenters. The topological polar surface area (TPSA) is 356 Å². The number of halogens is 2. The van der Waals surface area contributed by atoms with Gasteiger partial charge in [0.15, 0.2) is 0 Å². The van der Waals surface area contributed by atoms with Crippen molar-refractivity contribution in [2.45, 2.75) is 179 Å². The molecule has 0 bridgehead atoms. The number of hydrogen-bond donors (Lipinski definition) is 8. The molecule has 3 saturated heterocycles. The number of carbonyl (C=O) groups excluding carboxylic acids is 5. The van der Waals surface area contributed by atoms with E-state index in [1.165, 1.54) is 40.9 Å². The smallest absolute Gasteiger partial charge is 0.410 e. The van der Waals surface area contributed by atoms with Crippen LogP contribution >= 0.6 is 62.3 Å². The van der Waals surface area contributed by atoms with Crippen molar-refractivity contribution in [1.29, 1.82) is 0 Å². The van der Waals surface area contributed by atoms with Crippen molar-refractivity contribution >= 4 is 133 Å². The molecule has 0 saturated carbocycles. The maximum Gasteiger partial charge on any atom is 0.410 e. The fourth-order valence-corrected chi connectivity index (χ4v) is 13.1. The zero-order chi connectivity index (χ0) is 73.4. The third-order valence-corrected chi connectivity index (χ3v) is 18.2. The van der Waals surface area contributed by atoms with E-state index in [1.54, 1.807) is 64.3 Å². The molecule has 6 aromatic heterocycles. The van der Waals surface area contributed by atoms with E-state index in [0.717, 1.165) is 71.7 Å². The monoisotopic (exact) mass is 1530 g/mol. The molecule has 9 heterocycles. The Labute approximate surface area is 606 Å². The minimum Gasteiger partial charge on any atom is -0.466 e. The SMILES string of the molecule is CC(C)(C)OC(=O)N1CCNCC1.CC(C)[C@H](N)c1nc2cc(N3CCNCC3)sc2c(=O)[nH]1.CC(C)[C@H](NC(=O)OC(C)(C)C)c1nc2cc(Br)sc2c(=O)[nH]1.CC(C)[C@H](NC(=O)OC(C)(C)C)c1nc2cc(N3CCN(C(=O)OC(C)(C)C)CC3)sc2c(=O)[nH]1.CCOC(C)=O.Cl. The summed E-state index contributed by atoms with van der Waals surface area (Å²) < 4.78 is 28.4. The highest BCUT2D eigenvalue weighted by atomic mass is 79.9. The number of aromatic nitrogens is 6. The first-order valence-electron chi connectivity index (χ1n) is 33.0. The number of thiophene rings is 3. The van der Waals surface area contributed by atoms with Crippen molar-refractivity contribution in [3.8, 4) is 0 Å². The molecule has 0 radical (unpaired) electrons. The predicted octanol–water partition coefficient (Wildman–Crippen LogP) is 11.1. The highest BCUT2D eigenvalue weighted by Crippen LogP contribution is 2.34. The van der Waals surface area contributed by atoms with Crippen LogP contribution in [0.2, 0.25) is 0 Å². The van der Waals surface area contributed by atoms with Gasteiger partial charge in [0.25, 0.3) is 16.7 Å². The molecule has 3 fully saturated rings. The second kappa shape index (κ2) is 37.3. The van der Waals surface area contributed by atoms with E-state index in [1.807, 2.05) is 95.2 Å². The number of anilines is 2. The van der Waals surface area contributed by atoms with E-state index in [4.69, 9.17) is 24.7 Å². The summed E-state index contributed by atoms with van der Waals surface area (Å²) in [5, 5.41) is 14.2. The highest BCUT2D eigenvalue weighted by Gasteiger charge is 2.31. The number of aromatic amines is 3. The predicted molar refractivity (Wildman–Crippen MR) is 399 cm³/mol. The van der Waals surface area contributed by atoms with Crippen LogP contribution in [0.3, 0.4) is 0 Å². The molecule has 99 heavy (non-hydrogen) atoms. The van der Waals surface area contributed by atoms with Crippen molar-refractivity contribution < 1.29 is 47.7 Å². The number of nitrogens with two attached hydrogens (primary N) is 1. The van der Waals surface area contributed by atoms with E-state index in [2.05, 4.69) is 81.6 Å². The Bertz CT molecular complexity index is 3810. The Morgan fingerprint density at radius 3 is 1.22 bits per heavy atom. The zero-order valence-electron chi connectivity index (χ0n) is 60.9. The van der Waals surface area contributed by atoms with Gasteiger partial charge in [-0.1, -0.05) is 41.5 Å². The average molecular weight is 1530 g/mol. The lowest BCUT2D eigenvalue weighted by Gasteiger charge is -2.36. The lowest BCUT2D eigenvalue weighted by atomic mass is 10.0. The van der Waals surface area contributed by atoms with Gasteiger partial charge in [-0.15, -0.1) is 46.4 Å². The normalized spacial score (nSPS) is 15.4. The molecule has 9 N–H and O–H groups in total. The van der Waals surface area contributed by atoms with E-state index in [0.29, 0.717) is 75.4 Å². The first-order chi connectivity index (χ1) is 45.5. The molecule has 0 aromatic carbocycles. The van der Waals surface area contributed by atoms with Crippen LogP contribution in [0, 0.1) is 17.8 Å². The summed E-state index contributed by atoms with van der Waals surface area (Å²) in [7, 11) is 0. The molecule has 3 atom stereocenters. The number of carbonyl (C=O) groups is 5. The fourth-order valence-electron chi connectivity index (χ4n) is 9.57. The van der Waals surface area contributed by atoms with Gasteiger partial charge in [-0.2, -0.15) is 0 Å². The van der Waals surface area contributed by atoms with Crippen LogP contribution in [0.4, 0.5) is 29.2 Å². The van der Waals surface area contributed by atoms with Gasteiger partial charge in [-0.25, -0.2) is 34.1 Å². The van der Waals surface area contributed by atoms with Gasteiger partial charge < -0.3 is 85.2 Å². The Balaban J connectivity index is 0.000000284. The molecule has 4 amide bonds. The number of ether oxygens (including phenoxy) is 5. The molecular formula is C66H105BrClN15O13S3. The minimum absolute atomic E-state index is 0. The molecule has 0 spiro atoms. The van der Waals surface area contributed by atoms with E-state index in [-0.39, 0.29) is 76.6 Å². The number of piperazine rings is 3. The third kappa shape index (κ3) is 27.7. The van der Waals surface area contributed by atoms with Gasteiger partial charge in [0.05, 0.1) is 55.1 Å². The van der Waals surface area contributed by atoms with Crippen molar-refractivity contribution in [3.05, 3.63) is 70.5 Å². The molecule has 33 heteroatoms. The maximum atomic E-state index is 12.9. The number of nitrogens with one attached hydrogen (secondary N) is 7. The molecule has 6 aromatic rings. The Hall–Kier alpha value is -6.68. The number of fused-ring (bicyclic) bond motifs is 3. The lowest BCUT2D eigenvalue weighted by Crippen LogP contribution is -2.49. The largest absolute Gasteiger partial charge is 0.466 e. The summed E-state index contributed by atoms with van der Waals surface area (Å²) in [4.78, 5) is 125. The van der Waals surface area contributed by atoms with E-state index >= 15 is 0 Å². The minimum atomic E-state index is -0.633. The van der Waals surface area contributed by atoms with Gasteiger partial charge in [0.2, 0.25) is 0 Å². The number of nitrogens with zero attached hydrogens (tertiary/aromatic N) is 7. The summed E-state index contributed by atoms with van der Waals surface area (Å²) in [5.41, 5.74) is 5.36. The summed E-state index contributed by atoms with van der Waals surface area (Å²) in [6.07, 6.45) is -1.61. The summed E-state index contributed by atoms with van der Waals surface area (Å²) in [5.74, 6) is 1.42. The van der Waals surface area contributed by atoms with Gasteiger partial charge in [0, 0.05) is 85.5 Å². The van der Waals surface area contributed by atoms with Gasteiger partial charge in [-0.3, -0.25) is 19.2 Å². The summed E-state index contributed by atoms with van der Waals surface area (Å²) in [6.45, 7) is 46.8. The van der Waals surface area contributed by atoms with Crippen molar-refractivity contribution in [1.82, 2.24) is 61.0 Å². The Morgan fingerprint density at radius 1 is 0.525 bits per heavy atom. The van der Waals surface area contributed by atoms with Crippen LogP contribution in [-0.2, 0) is 28.5 Å². The van der Waals surface area contributed by atoms with Crippen LogP contribution in [0.25, 0.3) is 30.6 Å². The summed E-state index contributed by atoms with van der Waals surface area (Å²) in [6, 6.07) is 4.50. The van der Waals surface area contributed by atoms with Crippen LogP contribution < -0.4 is 53.5 Å². The first-order valence-corrected chi connectivity index (χ1v) is 36.3. The zero-order valence-corrected chi connectivity index (χ0v) is 65.8. The molecule has 3 aliphatic rings. The van der Waals surface area contributed by atoms with E-state index < -0.39 is 41.1 Å². The quantitative estimate of drug-likeness (QED) is 0.0441. The average Bonchev–Trinajstić information content (AvgIpc) is 1.68. The Kier molecular flexibility index (Phi) is 31.9. The standard InChI is InChI=1S/C24H37N5O5S.C15H20BrN3O3S.C14H21N5OS.C9H18N2O2.C4H8O2.ClH/c1-14(2)17(26-21(31)33-23(3,4)5)19-25-15-13-16(35-18(15)20(30)27-19)28-9-11-29(12-10-28)22(32)34-24(6,7)8;1-7(2)10(18-14(21)22-15(3,4)5)12-17-8-6-9(16)23-11(8)13(20)19-12;1-8(2)11(15)13-17-9-7-10(19-5-3-16-4-6-19)21-12(9)14(20)18-13;1-9(2,3)13-8(12)11-6-4-10-5-7-11;1-3-6-4(2)5;/h13-14,17H,9-12H2,1-8H3,(H,26,31)(H,25,27,30);6-7,10H,1-5H3,(H,18,21)(H,17,19,20);7-8,11,16H,3-6,15H2,1-2H3,(H,17,18,20);10H,4-7H2,1-3H3;3H2,1-2H3;1H/t17-;10-;11-;;;/m000.../s1. The molecule has 9 rings (SSSR count). The lowest BCUT2D eigenvalue weighted by molar-refractivity contribution is -0.140. The second-order valence-corrected chi connectivity index (χ2v) is 33.0. The number of esters is 1.